The van der Waals surface area contributed by atoms with Gasteiger partial charge in [0.05, 0.1) is 19.8 Å². The molecule has 4 nitrogen and oxygen atoms in total. The number of esters is 1. The van der Waals surface area contributed by atoms with E-state index in [4.69, 9.17) is 9.57 Å². The van der Waals surface area contributed by atoms with E-state index in [1.807, 2.05) is 26.0 Å². The highest BCUT2D eigenvalue weighted by Crippen LogP contribution is 2.17. The molecule has 0 aliphatic heterocycles. The van der Waals surface area contributed by atoms with Gasteiger partial charge in [-0.2, -0.15) is 5.48 Å². The quantitative estimate of drug-likeness (QED) is 0.624. The Morgan fingerprint density at radius 1 is 1.31 bits per heavy atom. The lowest BCUT2D eigenvalue weighted by Gasteiger charge is -2.10. The van der Waals surface area contributed by atoms with E-state index in [1.54, 1.807) is 7.11 Å². The van der Waals surface area contributed by atoms with Crippen molar-refractivity contribution in [2.45, 2.75) is 20.4 Å². The lowest BCUT2D eigenvalue weighted by molar-refractivity contribution is 0.0599. The maximum atomic E-state index is 11.5. The molecule has 0 fully saturated rings. The molecule has 0 radical (unpaired) electrons. The Morgan fingerprint density at radius 2 is 2.00 bits per heavy atom. The first-order valence-corrected chi connectivity index (χ1v) is 5.04. The van der Waals surface area contributed by atoms with Crippen molar-refractivity contribution < 1.29 is 14.4 Å². The minimum Gasteiger partial charge on any atom is -0.465 e. The van der Waals surface area contributed by atoms with Crippen LogP contribution in [0.1, 0.15) is 27.0 Å². The second kappa shape index (κ2) is 5.63. The molecule has 88 valence electrons. The van der Waals surface area contributed by atoms with Gasteiger partial charge >= 0.3 is 5.97 Å². The number of carbonyl (C=O) groups is 1. The van der Waals surface area contributed by atoms with Crippen molar-refractivity contribution in [3.63, 3.8) is 0 Å². The van der Waals surface area contributed by atoms with Gasteiger partial charge in [-0.25, -0.2) is 4.79 Å². The fraction of sp³-hybridized carbons (Fsp3) is 0.417. The number of aryl methyl sites for hydroxylation is 1. The summed E-state index contributed by atoms with van der Waals surface area (Å²) in [6.45, 7) is 4.44. The molecule has 0 spiro atoms. The van der Waals surface area contributed by atoms with Gasteiger partial charge in [-0.3, -0.25) is 0 Å². The standard InChI is InChI=1S/C12H17NO3/c1-8-5-10(7-13-16-4)6-11(9(8)2)12(14)15-3/h5-6,13H,7H2,1-4H3. The van der Waals surface area contributed by atoms with Crippen LogP contribution in [0, 0.1) is 13.8 Å². The van der Waals surface area contributed by atoms with E-state index >= 15 is 0 Å². The first-order chi connectivity index (χ1) is 7.60. The molecule has 0 atom stereocenters. The van der Waals surface area contributed by atoms with E-state index in [2.05, 4.69) is 5.48 Å². The highest BCUT2D eigenvalue weighted by Gasteiger charge is 2.12. The topological polar surface area (TPSA) is 47.6 Å². The van der Waals surface area contributed by atoms with E-state index in [9.17, 15) is 4.79 Å². The van der Waals surface area contributed by atoms with Crippen molar-refractivity contribution in [2.75, 3.05) is 14.2 Å². The molecule has 0 saturated heterocycles. The van der Waals surface area contributed by atoms with E-state index < -0.39 is 0 Å². The molecule has 4 heteroatoms. The minimum absolute atomic E-state index is 0.306. The van der Waals surface area contributed by atoms with Gasteiger partial charge in [0.15, 0.2) is 0 Å². The number of rotatable bonds is 4. The summed E-state index contributed by atoms with van der Waals surface area (Å²) < 4.78 is 4.74. The predicted octanol–water partition coefficient (Wildman–Crippen LogP) is 1.74. The largest absolute Gasteiger partial charge is 0.465 e. The van der Waals surface area contributed by atoms with Crippen molar-refractivity contribution in [1.82, 2.24) is 5.48 Å². The lowest BCUT2D eigenvalue weighted by atomic mass is 9.99. The Morgan fingerprint density at radius 3 is 2.56 bits per heavy atom. The summed E-state index contributed by atoms with van der Waals surface area (Å²) in [5, 5.41) is 0. The predicted molar refractivity (Wildman–Crippen MR) is 61.1 cm³/mol. The molecule has 1 aromatic carbocycles. The van der Waals surface area contributed by atoms with Gasteiger partial charge in [-0.05, 0) is 36.6 Å². The SMILES string of the molecule is CONCc1cc(C)c(C)c(C(=O)OC)c1. The van der Waals surface area contributed by atoms with Crippen LogP contribution in [0.5, 0.6) is 0 Å². The normalized spacial score (nSPS) is 10.2. The summed E-state index contributed by atoms with van der Waals surface area (Å²) in [6, 6.07) is 3.84. The molecule has 0 aliphatic rings. The first kappa shape index (κ1) is 12.7. The zero-order chi connectivity index (χ0) is 12.1. The van der Waals surface area contributed by atoms with Gasteiger partial charge in [-0.15, -0.1) is 0 Å². The van der Waals surface area contributed by atoms with Crippen molar-refractivity contribution in [3.05, 3.63) is 34.4 Å². The van der Waals surface area contributed by atoms with Crippen LogP contribution in [0.3, 0.4) is 0 Å². The van der Waals surface area contributed by atoms with Crippen molar-refractivity contribution >= 4 is 5.97 Å². The molecular weight excluding hydrogens is 206 g/mol. The molecule has 0 unspecified atom stereocenters. The third kappa shape index (κ3) is 2.81. The Balaban J connectivity index is 3.06. The van der Waals surface area contributed by atoms with E-state index in [1.165, 1.54) is 7.11 Å². The van der Waals surface area contributed by atoms with Crippen LogP contribution < -0.4 is 5.48 Å². The molecule has 0 saturated carbocycles. The second-order valence-electron chi connectivity index (χ2n) is 3.60. The number of methoxy groups -OCH3 is 1. The first-order valence-electron chi connectivity index (χ1n) is 5.04. The van der Waals surface area contributed by atoms with Gasteiger partial charge in [0.2, 0.25) is 0 Å². The molecule has 0 aromatic heterocycles. The summed E-state index contributed by atoms with van der Waals surface area (Å²) in [7, 11) is 2.94. The maximum absolute atomic E-state index is 11.5. The maximum Gasteiger partial charge on any atom is 0.338 e. The molecule has 0 aliphatic carbocycles. The third-order valence-electron chi connectivity index (χ3n) is 2.55. The summed E-state index contributed by atoms with van der Waals surface area (Å²) >= 11 is 0. The van der Waals surface area contributed by atoms with Gasteiger partial charge in [0.25, 0.3) is 0 Å². The van der Waals surface area contributed by atoms with Gasteiger partial charge < -0.3 is 9.57 Å². The smallest absolute Gasteiger partial charge is 0.338 e. The molecular formula is C12H17NO3. The molecule has 0 amide bonds. The van der Waals surface area contributed by atoms with Crippen molar-refractivity contribution in [3.8, 4) is 0 Å². The Hall–Kier alpha value is -1.39. The highest BCUT2D eigenvalue weighted by atomic mass is 16.6. The van der Waals surface area contributed by atoms with Crippen LogP contribution in [-0.2, 0) is 16.1 Å². The fourth-order valence-electron chi connectivity index (χ4n) is 1.51. The lowest BCUT2D eigenvalue weighted by Crippen LogP contribution is -2.13. The Labute approximate surface area is 95.5 Å². The van der Waals surface area contributed by atoms with Gasteiger partial charge in [0, 0.05) is 6.54 Å². The number of benzene rings is 1. The zero-order valence-electron chi connectivity index (χ0n) is 10.1. The number of ether oxygens (including phenoxy) is 1. The van der Waals surface area contributed by atoms with Crippen molar-refractivity contribution in [1.29, 1.82) is 0 Å². The Kier molecular flexibility index (Phi) is 4.46. The van der Waals surface area contributed by atoms with Crippen LogP contribution in [0.4, 0.5) is 0 Å². The summed E-state index contributed by atoms with van der Waals surface area (Å²) in [5.41, 5.74) is 6.36. The average Bonchev–Trinajstić information content (AvgIpc) is 2.29. The molecule has 1 N–H and O–H groups in total. The summed E-state index contributed by atoms with van der Waals surface area (Å²) in [6.07, 6.45) is 0. The van der Waals surface area contributed by atoms with Crippen molar-refractivity contribution in [2.24, 2.45) is 0 Å². The van der Waals surface area contributed by atoms with Crippen LogP contribution in [0.25, 0.3) is 0 Å². The monoisotopic (exact) mass is 223 g/mol. The van der Waals surface area contributed by atoms with Crippen LogP contribution in [-0.4, -0.2) is 20.2 Å². The number of nitrogens with one attached hydrogen (secondary N) is 1. The third-order valence-corrected chi connectivity index (χ3v) is 2.55. The summed E-state index contributed by atoms with van der Waals surface area (Å²) in [5.74, 6) is -0.306. The van der Waals surface area contributed by atoms with Gasteiger partial charge in [0.1, 0.15) is 0 Å². The molecule has 16 heavy (non-hydrogen) atoms. The molecule has 1 aromatic rings. The van der Waals surface area contributed by atoms with E-state index in [0.717, 1.165) is 16.7 Å². The number of hydroxylamine groups is 1. The highest BCUT2D eigenvalue weighted by molar-refractivity contribution is 5.91. The molecule has 0 heterocycles. The van der Waals surface area contributed by atoms with Gasteiger partial charge in [-0.1, -0.05) is 6.07 Å². The fourth-order valence-corrected chi connectivity index (χ4v) is 1.51. The molecule has 1 rings (SSSR count). The zero-order valence-corrected chi connectivity index (χ0v) is 10.1. The Bertz CT molecular complexity index is 388. The minimum atomic E-state index is -0.306. The van der Waals surface area contributed by atoms with E-state index in [-0.39, 0.29) is 5.97 Å². The summed E-state index contributed by atoms with van der Waals surface area (Å²) in [4.78, 5) is 16.3. The van der Waals surface area contributed by atoms with E-state index in [0.29, 0.717) is 12.1 Å². The number of hydrogen-bond acceptors (Lipinski definition) is 4. The molecule has 0 bridgehead atoms. The average molecular weight is 223 g/mol. The number of hydrogen-bond donors (Lipinski definition) is 1. The van der Waals surface area contributed by atoms with Crippen LogP contribution in [0.15, 0.2) is 12.1 Å². The number of carbonyl (C=O) groups excluding carboxylic acids is 1. The van der Waals surface area contributed by atoms with Crippen LogP contribution in [0.2, 0.25) is 0 Å². The van der Waals surface area contributed by atoms with Crippen LogP contribution >= 0.6 is 0 Å². The second-order valence-corrected chi connectivity index (χ2v) is 3.60.